The largest absolute Gasteiger partial charge is 1.00 e. The second-order valence-electron chi connectivity index (χ2n) is 2.13. The van der Waals surface area contributed by atoms with Crippen molar-refractivity contribution in [2.45, 2.75) is 6.42 Å². The standard InChI is InChI=1S/C8H9NS/c9-8(10)6-7-4-2-1-3-5-7/h1-5H,6H2,(H2,9,10)/p+1. The molecule has 1 rings (SSSR count). The summed E-state index contributed by atoms with van der Waals surface area (Å²) in [6, 6.07) is 9.96. The molecule has 52 valence electrons. The number of hydrogen-bond donors (Lipinski definition) is 1. The van der Waals surface area contributed by atoms with Crippen LogP contribution in [0.3, 0.4) is 0 Å². The van der Waals surface area contributed by atoms with Gasteiger partial charge in [-0.2, -0.15) is 0 Å². The molecule has 2 N–H and O–H groups in total. The fraction of sp³-hybridized carbons (Fsp3) is 0.125. The second-order valence-corrected chi connectivity index (χ2v) is 2.65. The predicted molar refractivity (Wildman–Crippen MR) is 48.0 cm³/mol. The van der Waals surface area contributed by atoms with Gasteiger partial charge in [-0.1, -0.05) is 42.5 Å². The third kappa shape index (κ3) is 2.15. The van der Waals surface area contributed by atoms with Crippen molar-refractivity contribution in [3.8, 4) is 0 Å². The minimum absolute atomic E-state index is 0. The van der Waals surface area contributed by atoms with Crippen molar-refractivity contribution >= 4 is 17.2 Å². The van der Waals surface area contributed by atoms with Gasteiger partial charge in [-0.05, 0) is 5.56 Å². The average Bonchev–Trinajstić information content (AvgIpc) is 1.88. The summed E-state index contributed by atoms with van der Waals surface area (Å²) in [4.78, 5) is 0.547. The summed E-state index contributed by atoms with van der Waals surface area (Å²) in [5.74, 6) is 0. The molecule has 0 aliphatic carbocycles. The number of nitrogens with two attached hydrogens (primary N) is 1. The van der Waals surface area contributed by atoms with E-state index >= 15 is 0 Å². The first-order chi connectivity index (χ1) is 4.79. The first-order valence-corrected chi connectivity index (χ1v) is 3.52. The lowest BCUT2D eigenvalue weighted by atomic mass is 10.2. The summed E-state index contributed by atoms with van der Waals surface area (Å²) in [6.45, 7) is 0. The van der Waals surface area contributed by atoms with Crippen molar-refractivity contribution in [3.05, 3.63) is 35.9 Å². The smallest absolute Gasteiger partial charge is 0.393 e. The van der Waals surface area contributed by atoms with Gasteiger partial charge in [-0.3, -0.25) is 0 Å². The molecule has 1 aromatic rings. The Kier molecular flexibility index (Phi) is 2.40. The highest BCUT2D eigenvalue weighted by Crippen LogP contribution is 1.98. The van der Waals surface area contributed by atoms with E-state index in [1.807, 2.05) is 30.3 Å². The number of hydrogen-bond acceptors (Lipinski definition) is 1. The molecule has 0 saturated heterocycles. The quantitative estimate of drug-likeness (QED) is 0.652. The molecule has 0 unspecified atom stereocenters. The number of rotatable bonds is 2. The zero-order valence-corrected chi connectivity index (χ0v) is 6.40. The maximum absolute atomic E-state index is 5.36. The first-order valence-electron chi connectivity index (χ1n) is 3.11. The van der Waals surface area contributed by atoms with E-state index in [2.05, 4.69) is 0 Å². The van der Waals surface area contributed by atoms with Crippen molar-refractivity contribution < 1.29 is 1.43 Å². The summed E-state index contributed by atoms with van der Waals surface area (Å²) < 4.78 is 0. The summed E-state index contributed by atoms with van der Waals surface area (Å²) >= 11 is 4.76. The summed E-state index contributed by atoms with van der Waals surface area (Å²) in [5, 5.41) is 0. The van der Waals surface area contributed by atoms with Crippen LogP contribution in [0.15, 0.2) is 30.3 Å². The van der Waals surface area contributed by atoms with Crippen molar-refractivity contribution in [2.75, 3.05) is 0 Å². The molecule has 0 fully saturated rings. The topological polar surface area (TPSA) is 26.0 Å². The molecule has 0 amide bonds. The van der Waals surface area contributed by atoms with Crippen LogP contribution in [0.2, 0.25) is 0 Å². The maximum atomic E-state index is 5.36. The van der Waals surface area contributed by atoms with E-state index in [9.17, 15) is 0 Å². The van der Waals surface area contributed by atoms with Gasteiger partial charge in [0, 0.05) is 6.42 Å². The number of benzene rings is 1. The van der Waals surface area contributed by atoms with Gasteiger partial charge in [0.15, 0.2) is 0 Å². The summed E-state index contributed by atoms with van der Waals surface area (Å²) in [6.07, 6.45) is 0.705. The molecule has 0 radical (unpaired) electrons. The molecule has 2 heteroatoms. The first kappa shape index (κ1) is 7.22. The minimum Gasteiger partial charge on any atom is -0.393 e. The monoisotopic (exact) mass is 152 g/mol. The van der Waals surface area contributed by atoms with Crippen molar-refractivity contribution in [1.82, 2.24) is 0 Å². The number of thiocarbonyl (C=S) groups is 1. The Hall–Kier alpha value is -0.890. The highest BCUT2D eigenvalue weighted by molar-refractivity contribution is 7.80. The van der Waals surface area contributed by atoms with Gasteiger partial charge in [0.2, 0.25) is 0 Å². The predicted octanol–water partition coefficient (Wildman–Crippen LogP) is 1.63. The Morgan fingerprint density at radius 1 is 1.40 bits per heavy atom. The highest BCUT2D eigenvalue weighted by atomic mass is 32.1. The minimum atomic E-state index is 0. The highest BCUT2D eigenvalue weighted by Gasteiger charge is 1.90. The van der Waals surface area contributed by atoms with E-state index in [1.54, 1.807) is 0 Å². The molecule has 1 nitrogen and oxygen atoms in total. The lowest BCUT2D eigenvalue weighted by molar-refractivity contribution is 1.33. The van der Waals surface area contributed by atoms with E-state index in [0.29, 0.717) is 11.4 Å². The lowest BCUT2D eigenvalue weighted by Gasteiger charge is -1.95. The van der Waals surface area contributed by atoms with Crippen LogP contribution >= 0.6 is 12.2 Å². The third-order valence-corrected chi connectivity index (χ3v) is 1.37. The SMILES string of the molecule is NC(=S)Cc1ccccc1.[H+]. The molecule has 0 aliphatic rings. The van der Waals surface area contributed by atoms with Crippen LogP contribution in [0.1, 0.15) is 6.99 Å². The molecule has 1 aromatic carbocycles. The molecule has 10 heavy (non-hydrogen) atoms. The molecular weight excluding hydrogens is 142 g/mol. The van der Waals surface area contributed by atoms with Gasteiger partial charge in [-0.15, -0.1) is 0 Å². The Labute approximate surface area is 67.3 Å². The third-order valence-electron chi connectivity index (χ3n) is 1.22. The molecule has 0 aromatic heterocycles. The fourth-order valence-electron chi connectivity index (χ4n) is 0.797. The second kappa shape index (κ2) is 3.32. The molecule has 0 spiro atoms. The van der Waals surface area contributed by atoms with E-state index in [1.165, 1.54) is 5.56 Å². The summed E-state index contributed by atoms with van der Waals surface area (Å²) in [7, 11) is 0. The lowest BCUT2D eigenvalue weighted by Crippen LogP contribution is -2.10. The molecular formula is C8H10NS+. The van der Waals surface area contributed by atoms with Crippen LogP contribution in [-0.2, 0) is 6.42 Å². The Bertz CT molecular complexity index is 223. The zero-order valence-electron chi connectivity index (χ0n) is 6.58. The maximum Gasteiger partial charge on any atom is 1.00 e. The molecule has 0 aliphatic heterocycles. The van der Waals surface area contributed by atoms with Crippen molar-refractivity contribution in [2.24, 2.45) is 5.73 Å². The van der Waals surface area contributed by atoms with Gasteiger partial charge in [-0.25, -0.2) is 0 Å². The molecule has 0 saturated carbocycles. The van der Waals surface area contributed by atoms with Crippen LogP contribution < -0.4 is 5.73 Å². The zero-order chi connectivity index (χ0) is 7.40. The molecule has 0 atom stereocenters. The Balaban J connectivity index is 0.000001000. The molecule has 0 bridgehead atoms. The van der Waals surface area contributed by atoms with Crippen LogP contribution in [-0.4, -0.2) is 4.99 Å². The van der Waals surface area contributed by atoms with E-state index in [0.717, 1.165) is 0 Å². The van der Waals surface area contributed by atoms with Gasteiger partial charge in [0.25, 0.3) is 0 Å². The average molecular weight is 152 g/mol. The van der Waals surface area contributed by atoms with E-state index < -0.39 is 0 Å². The van der Waals surface area contributed by atoms with Crippen LogP contribution in [0.4, 0.5) is 0 Å². The van der Waals surface area contributed by atoms with Crippen LogP contribution in [0.5, 0.6) is 0 Å². The normalized spacial score (nSPS) is 9.20. The summed E-state index contributed by atoms with van der Waals surface area (Å²) in [5.41, 5.74) is 6.53. The Morgan fingerprint density at radius 2 is 2.00 bits per heavy atom. The van der Waals surface area contributed by atoms with Crippen LogP contribution in [0.25, 0.3) is 0 Å². The van der Waals surface area contributed by atoms with Crippen LogP contribution in [0, 0.1) is 0 Å². The van der Waals surface area contributed by atoms with E-state index in [4.69, 9.17) is 18.0 Å². The molecule has 0 heterocycles. The van der Waals surface area contributed by atoms with Crippen molar-refractivity contribution in [3.63, 3.8) is 0 Å². The fourth-order valence-corrected chi connectivity index (χ4v) is 0.964. The van der Waals surface area contributed by atoms with Crippen molar-refractivity contribution in [1.29, 1.82) is 0 Å². The van der Waals surface area contributed by atoms with Gasteiger partial charge >= 0.3 is 1.43 Å². The van der Waals surface area contributed by atoms with Gasteiger partial charge < -0.3 is 5.73 Å². The van der Waals surface area contributed by atoms with Gasteiger partial charge in [0.05, 0.1) is 4.99 Å². The van der Waals surface area contributed by atoms with Gasteiger partial charge in [0.1, 0.15) is 0 Å². The van der Waals surface area contributed by atoms with E-state index in [-0.39, 0.29) is 1.43 Å². The Morgan fingerprint density at radius 3 is 2.50 bits per heavy atom.